The van der Waals surface area contributed by atoms with Crippen LogP contribution >= 0.6 is 11.6 Å². The molecule has 4 nitrogen and oxygen atoms in total. The molecule has 1 atom stereocenters. The summed E-state index contributed by atoms with van der Waals surface area (Å²) in [6, 6.07) is 6.69. The first-order chi connectivity index (χ1) is 9.25. The van der Waals surface area contributed by atoms with Crippen molar-refractivity contribution in [2.45, 2.75) is 32.2 Å². The van der Waals surface area contributed by atoms with Crippen molar-refractivity contribution in [2.24, 2.45) is 0 Å². The SMILES string of the molecule is C[C@H]1CCCCN1c1ccc(-n2cnnc2)cc1Cl. The molecule has 19 heavy (non-hydrogen) atoms. The van der Waals surface area contributed by atoms with Crippen molar-refractivity contribution < 1.29 is 0 Å². The van der Waals surface area contributed by atoms with E-state index < -0.39 is 0 Å². The normalized spacial score (nSPS) is 19.7. The number of piperidine rings is 1. The first-order valence-corrected chi connectivity index (χ1v) is 7.05. The minimum absolute atomic E-state index is 0.562. The molecule has 1 aromatic heterocycles. The van der Waals surface area contributed by atoms with Gasteiger partial charge in [0.05, 0.1) is 10.7 Å². The van der Waals surface area contributed by atoms with Crippen LogP contribution in [0.4, 0.5) is 5.69 Å². The molecule has 1 aliphatic rings. The van der Waals surface area contributed by atoms with E-state index in [1.165, 1.54) is 19.3 Å². The molecule has 1 aromatic carbocycles. The van der Waals surface area contributed by atoms with Crippen molar-refractivity contribution in [3.8, 4) is 5.69 Å². The predicted molar refractivity (Wildman–Crippen MR) is 77.0 cm³/mol. The molecule has 5 heteroatoms. The van der Waals surface area contributed by atoms with E-state index in [-0.39, 0.29) is 0 Å². The van der Waals surface area contributed by atoms with Crippen LogP contribution in [0.15, 0.2) is 30.9 Å². The zero-order valence-corrected chi connectivity index (χ0v) is 11.7. The lowest BCUT2D eigenvalue weighted by atomic mass is 10.0. The number of benzene rings is 1. The monoisotopic (exact) mass is 276 g/mol. The summed E-state index contributed by atoms with van der Waals surface area (Å²) < 4.78 is 1.86. The molecular formula is C14H17ClN4. The fourth-order valence-corrected chi connectivity index (χ4v) is 2.96. The van der Waals surface area contributed by atoms with Gasteiger partial charge in [0.25, 0.3) is 0 Å². The third-order valence-electron chi connectivity index (χ3n) is 3.76. The minimum Gasteiger partial charge on any atom is -0.368 e. The molecule has 0 spiro atoms. The second kappa shape index (κ2) is 5.21. The number of rotatable bonds is 2. The van der Waals surface area contributed by atoms with E-state index in [2.05, 4.69) is 34.2 Å². The molecule has 1 aliphatic heterocycles. The summed E-state index contributed by atoms with van der Waals surface area (Å²) in [5.41, 5.74) is 2.12. The summed E-state index contributed by atoms with van der Waals surface area (Å²) in [5.74, 6) is 0. The lowest BCUT2D eigenvalue weighted by Crippen LogP contribution is -2.37. The second-order valence-corrected chi connectivity index (χ2v) is 5.45. The van der Waals surface area contributed by atoms with E-state index in [1.807, 2.05) is 10.6 Å². The Labute approximate surface area is 118 Å². The van der Waals surface area contributed by atoms with Crippen LogP contribution in [0.3, 0.4) is 0 Å². The molecule has 2 aromatic rings. The lowest BCUT2D eigenvalue weighted by Gasteiger charge is -2.36. The fraction of sp³-hybridized carbons (Fsp3) is 0.429. The maximum atomic E-state index is 6.45. The van der Waals surface area contributed by atoms with E-state index in [4.69, 9.17) is 11.6 Å². The summed E-state index contributed by atoms with van der Waals surface area (Å²) in [4.78, 5) is 2.40. The largest absolute Gasteiger partial charge is 0.368 e. The molecule has 0 N–H and O–H groups in total. The van der Waals surface area contributed by atoms with Gasteiger partial charge < -0.3 is 4.90 Å². The van der Waals surface area contributed by atoms with Crippen LogP contribution in [0.5, 0.6) is 0 Å². The van der Waals surface area contributed by atoms with Gasteiger partial charge in [-0.15, -0.1) is 10.2 Å². The first kappa shape index (κ1) is 12.5. The quantitative estimate of drug-likeness (QED) is 0.844. The van der Waals surface area contributed by atoms with Crippen molar-refractivity contribution in [2.75, 3.05) is 11.4 Å². The van der Waals surface area contributed by atoms with Gasteiger partial charge in [0.2, 0.25) is 0 Å². The van der Waals surface area contributed by atoms with Gasteiger partial charge in [-0.25, -0.2) is 0 Å². The van der Waals surface area contributed by atoms with Gasteiger partial charge in [0.1, 0.15) is 12.7 Å². The minimum atomic E-state index is 0.562. The molecule has 0 aliphatic carbocycles. The lowest BCUT2D eigenvalue weighted by molar-refractivity contribution is 0.485. The van der Waals surface area contributed by atoms with Crippen molar-refractivity contribution in [1.29, 1.82) is 0 Å². The molecule has 3 rings (SSSR count). The molecular weight excluding hydrogens is 260 g/mol. The Morgan fingerprint density at radius 2 is 2.00 bits per heavy atom. The van der Waals surface area contributed by atoms with Crippen molar-refractivity contribution in [3.63, 3.8) is 0 Å². The third kappa shape index (κ3) is 2.45. The smallest absolute Gasteiger partial charge is 0.123 e. The van der Waals surface area contributed by atoms with Crippen molar-refractivity contribution in [3.05, 3.63) is 35.9 Å². The predicted octanol–water partition coefficient (Wildman–Crippen LogP) is 3.30. The molecule has 0 radical (unpaired) electrons. The van der Waals surface area contributed by atoms with Gasteiger partial charge in [0.15, 0.2) is 0 Å². The average molecular weight is 277 g/mol. The van der Waals surface area contributed by atoms with E-state index in [9.17, 15) is 0 Å². The van der Waals surface area contributed by atoms with Crippen LogP contribution in [0.2, 0.25) is 5.02 Å². The van der Waals surface area contributed by atoms with Gasteiger partial charge in [-0.3, -0.25) is 4.57 Å². The average Bonchev–Trinajstić information content (AvgIpc) is 2.94. The van der Waals surface area contributed by atoms with Crippen molar-refractivity contribution in [1.82, 2.24) is 14.8 Å². The van der Waals surface area contributed by atoms with Gasteiger partial charge in [-0.05, 0) is 44.4 Å². The van der Waals surface area contributed by atoms with Crippen LogP contribution in [-0.2, 0) is 0 Å². The Bertz CT molecular complexity index is 553. The third-order valence-corrected chi connectivity index (χ3v) is 4.06. The van der Waals surface area contributed by atoms with Crippen LogP contribution in [0, 0.1) is 0 Å². The fourth-order valence-electron chi connectivity index (χ4n) is 2.68. The highest BCUT2D eigenvalue weighted by molar-refractivity contribution is 6.33. The maximum Gasteiger partial charge on any atom is 0.123 e. The van der Waals surface area contributed by atoms with Crippen LogP contribution < -0.4 is 4.90 Å². The number of hydrogen-bond acceptors (Lipinski definition) is 3. The summed E-state index contributed by atoms with van der Waals surface area (Å²) in [6.45, 7) is 3.36. The Morgan fingerprint density at radius 1 is 1.21 bits per heavy atom. The molecule has 1 fully saturated rings. The summed E-state index contributed by atoms with van der Waals surface area (Å²) in [7, 11) is 0. The standard InChI is InChI=1S/C14H17ClN4/c1-11-4-2-3-7-19(11)14-6-5-12(8-13(14)15)18-9-16-17-10-18/h5-6,8-11H,2-4,7H2,1H3/t11-/m0/s1. The molecule has 0 saturated carbocycles. The Morgan fingerprint density at radius 3 is 2.68 bits per heavy atom. The zero-order valence-electron chi connectivity index (χ0n) is 11.0. The van der Waals surface area contributed by atoms with Gasteiger partial charge in [-0.1, -0.05) is 11.6 Å². The Kier molecular flexibility index (Phi) is 3.42. The number of hydrogen-bond donors (Lipinski definition) is 0. The van der Waals surface area contributed by atoms with Crippen LogP contribution in [0.25, 0.3) is 5.69 Å². The summed E-state index contributed by atoms with van der Waals surface area (Å²) in [6.07, 6.45) is 7.15. The van der Waals surface area contributed by atoms with E-state index in [1.54, 1.807) is 12.7 Å². The molecule has 100 valence electrons. The molecule has 0 unspecified atom stereocenters. The van der Waals surface area contributed by atoms with Gasteiger partial charge in [0, 0.05) is 18.3 Å². The molecule has 0 amide bonds. The first-order valence-electron chi connectivity index (χ1n) is 6.67. The number of aromatic nitrogens is 3. The maximum absolute atomic E-state index is 6.45. The zero-order chi connectivity index (χ0) is 13.2. The van der Waals surface area contributed by atoms with Gasteiger partial charge in [-0.2, -0.15) is 0 Å². The number of halogens is 1. The summed E-state index contributed by atoms with van der Waals surface area (Å²) in [5, 5.41) is 8.42. The summed E-state index contributed by atoms with van der Waals surface area (Å²) >= 11 is 6.45. The number of anilines is 1. The molecule has 2 heterocycles. The molecule has 0 bridgehead atoms. The Hall–Kier alpha value is -1.55. The second-order valence-electron chi connectivity index (χ2n) is 5.04. The van der Waals surface area contributed by atoms with Crippen LogP contribution in [-0.4, -0.2) is 27.4 Å². The topological polar surface area (TPSA) is 34.0 Å². The van der Waals surface area contributed by atoms with Crippen LogP contribution in [0.1, 0.15) is 26.2 Å². The van der Waals surface area contributed by atoms with Crippen molar-refractivity contribution >= 4 is 17.3 Å². The van der Waals surface area contributed by atoms with E-state index >= 15 is 0 Å². The highest BCUT2D eigenvalue weighted by atomic mass is 35.5. The van der Waals surface area contributed by atoms with E-state index in [0.29, 0.717) is 6.04 Å². The highest BCUT2D eigenvalue weighted by Gasteiger charge is 2.20. The Balaban J connectivity index is 1.91. The van der Waals surface area contributed by atoms with Gasteiger partial charge >= 0.3 is 0 Å². The highest BCUT2D eigenvalue weighted by Crippen LogP contribution is 2.32. The molecule has 1 saturated heterocycles. The number of nitrogens with zero attached hydrogens (tertiary/aromatic N) is 4. The van der Waals surface area contributed by atoms with E-state index in [0.717, 1.165) is 22.9 Å².